The van der Waals surface area contributed by atoms with Crippen LogP contribution >= 0.6 is 0 Å². The molecule has 0 unspecified atom stereocenters. The molecule has 0 spiro atoms. The van der Waals surface area contributed by atoms with Gasteiger partial charge in [0.25, 0.3) is 0 Å². The standard InChI is InChI=1S/C19H23N5O3/c1-26-16-8-14-15(9-17(16)27-2)22-12-13(10-20)19(14)24-5-3-4-23(6-7-24)18(25)11-21/h8-9,12H,3-7,11,21H2,1-2H3. The van der Waals surface area contributed by atoms with Crippen molar-refractivity contribution >= 4 is 22.5 Å². The van der Waals surface area contributed by atoms with Crippen LogP contribution in [0.4, 0.5) is 5.69 Å². The van der Waals surface area contributed by atoms with E-state index >= 15 is 0 Å². The maximum Gasteiger partial charge on any atom is 0.236 e. The number of rotatable bonds is 4. The van der Waals surface area contributed by atoms with Crippen LogP contribution in [0.25, 0.3) is 10.9 Å². The van der Waals surface area contributed by atoms with Crippen LogP contribution in [0.2, 0.25) is 0 Å². The van der Waals surface area contributed by atoms with Crippen LogP contribution in [0.3, 0.4) is 0 Å². The quantitative estimate of drug-likeness (QED) is 0.861. The molecule has 0 bridgehead atoms. The maximum atomic E-state index is 11.9. The van der Waals surface area contributed by atoms with Gasteiger partial charge in [0.05, 0.1) is 37.5 Å². The van der Waals surface area contributed by atoms with Crippen LogP contribution in [0, 0.1) is 11.3 Å². The smallest absolute Gasteiger partial charge is 0.236 e. The Morgan fingerprint density at radius 3 is 2.63 bits per heavy atom. The zero-order valence-corrected chi connectivity index (χ0v) is 15.6. The predicted molar refractivity (Wildman–Crippen MR) is 102 cm³/mol. The lowest BCUT2D eigenvalue weighted by molar-refractivity contribution is -0.129. The molecule has 0 radical (unpaired) electrons. The third kappa shape index (κ3) is 3.59. The molecular formula is C19H23N5O3. The van der Waals surface area contributed by atoms with E-state index in [1.165, 1.54) is 0 Å². The Morgan fingerprint density at radius 1 is 1.22 bits per heavy atom. The van der Waals surface area contributed by atoms with Gasteiger partial charge in [-0.2, -0.15) is 5.26 Å². The Labute approximate surface area is 158 Å². The lowest BCUT2D eigenvalue weighted by atomic mass is 10.1. The van der Waals surface area contributed by atoms with E-state index in [0.717, 1.165) is 29.6 Å². The van der Waals surface area contributed by atoms with E-state index < -0.39 is 0 Å². The molecule has 1 aromatic carbocycles. The summed E-state index contributed by atoms with van der Waals surface area (Å²) in [6.45, 7) is 2.59. The third-order valence-electron chi connectivity index (χ3n) is 4.80. The fourth-order valence-corrected chi connectivity index (χ4v) is 3.45. The van der Waals surface area contributed by atoms with Crippen LogP contribution in [0.5, 0.6) is 11.5 Å². The number of nitrogens with two attached hydrogens (primary N) is 1. The van der Waals surface area contributed by atoms with E-state index in [9.17, 15) is 10.1 Å². The summed E-state index contributed by atoms with van der Waals surface area (Å²) in [4.78, 5) is 20.3. The number of fused-ring (bicyclic) bond motifs is 1. The number of amides is 1. The van der Waals surface area contributed by atoms with E-state index in [1.807, 2.05) is 6.07 Å². The molecule has 0 atom stereocenters. The lowest BCUT2D eigenvalue weighted by Gasteiger charge is -2.26. The van der Waals surface area contributed by atoms with Crippen molar-refractivity contribution in [2.24, 2.45) is 5.73 Å². The number of methoxy groups -OCH3 is 2. The molecule has 8 nitrogen and oxygen atoms in total. The SMILES string of the molecule is COc1cc2ncc(C#N)c(N3CCCN(C(=O)CN)CC3)c2cc1OC. The molecule has 1 aliphatic heterocycles. The zero-order chi connectivity index (χ0) is 19.4. The number of aromatic nitrogens is 1. The van der Waals surface area contributed by atoms with Gasteiger partial charge in [0.15, 0.2) is 11.5 Å². The number of hydrogen-bond donors (Lipinski definition) is 1. The molecule has 1 aromatic heterocycles. The summed E-state index contributed by atoms with van der Waals surface area (Å²) in [6, 6.07) is 5.90. The highest BCUT2D eigenvalue weighted by Crippen LogP contribution is 2.37. The summed E-state index contributed by atoms with van der Waals surface area (Å²) in [7, 11) is 3.15. The minimum atomic E-state index is -0.0525. The van der Waals surface area contributed by atoms with E-state index in [4.69, 9.17) is 15.2 Å². The molecule has 2 N–H and O–H groups in total. The Balaban J connectivity index is 2.06. The molecule has 0 saturated carbocycles. The van der Waals surface area contributed by atoms with Crippen molar-refractivity contribution in [1.29, 1.82) is 5.26 Å². The predicted octanol–water partition coefficient (Wildman–Crippen LogP) is 1.12. The Kier molecular flexibility index (Phi) is 5.62. The Bertz CT molecular complexity index is 893. The van der Waals surface area contributed by atoms with Crippen LogP contribution in [0.15, 0.2) is 18.3 Å². The van der Waals surface area contributed by atoms with Gasteiger partial charge < -0.3 is 25.0 Å². The number of ether oxygens (including phenoxy) is 2. The number of pyridine rings is 1. The molecule has 1 amide bonds. The van der Waals surface area contributed by atoms with Gasteiger partial charge in [-0.1, -0.05) is 0 Å². The number of carbonyl (C=O) groups excluding carboxylic acids is 1. The van der Waals surface area contributed by atoms with Gasteiger partial charge in [0.1, 0.15) is 6.07 Å². The van der Waals surface area contributed by atoms with Crippen molar-refractivity contribution in [2.45, 2.75) is 6.42 Å². The van der Waals surface area contributed by atoms with E-state index in [2.05, 4.69) is 16.0 Å². The largest absolute Gasteiger partial charge is 0.493 e. The average Bonchev–Trinajstić information content (AvgIpc) is 2.97. The van der Waals surface area contributed by atoms with Crippen molar-refractivity contribution < 1.29 is 14.3 Å². The molecule has 8 heteroatoms. The molecule has 1 saturated heterocycles. The molecule has 3 rings (SSSR count). The highest BCUT2D eigenvalue weighted by atomic mass is 16.5. The highest BCUT2D eigenvalue weighted by molar-refractivity contribution is 5.96. The normalized spacial score (nSPS) is 14.6. The summed E-state index contributed by atoms with van der Waals surface area (Å²) in [5.74, 6) is 1.12. The second-order valence-corrected chi connectivity index (χ2v) is 6.28. The van der Waals surface area contributed by atoms with Crippen molar-refractivity contribution in [3.8, 4) is 17.6 Å². The fraction of sp³-hybridized carbons (Fsp3) is 0.421. The number of nitrogens with zero attached hydrogens (tertiary/aromatic N) is 4. The molecule has 27 heavy (non-hydrogen) atoms. The number of carbonyl (C=O) groups is 1. The van der Waals surface area contributed by atoms with Crippen molar-refractivity contribution in [3.05, 3.63) is 23.9 Å². The van der Waals surface area contributed by atoms with Gasteiger partial charge >= 0.3 is 0 Å². The maximum absolute atomic E-state index is 11.9. The minimum Gasteiger partial charge on any atom is -0.493 e. The van der Waals surface area contributed by atoms with Gasteiger partial charge in [0.2, 0.25) is 5.91 Å². The molecular weight excluding hydrogens is 346 g/mol. The van der Waals surface area contributed by atoms with Crippen LogP contribution < -0.4 is 20.1 Å². The van der Waals surface area contributed by atoms with Gasteiger partial charge in [-0.3, -0.25) is 9.78 Å². The van der Waals surface area contributed by atoms with Crippen molar-refractivity contribution in [3.63, 3.8) is 0 Å². The summed E-state index contributed by atoms with van der Waals surface area (Å²) in [5.41, 5.74) is 7.52. The molecule has 1 fully saturated rings. The number of hydrogen-bond acceptors (Lipinski definition) is 7. The first kappa shape index (κ1) is 18.7. The number of nitriles is 1. The summed E-state index contributed by atoms with van der Waals surface area (Å²) >= 11 is 0. The van der Waals surface area contributed by atoms with Crippen molar-refractivity contribution in [1.82, 2.24) is 9.88 Å². The second kappa shape index (κ2) is 8.10. The summed E-state index contributed by atoms with van der Waals surface area (Å²) in [5, 5.41) is 10.5. The van der Waals surface area contributed by atoms with Crippen molar-refractivity contribution in [2.75, 3.05) is 51.8 Å². The van der Waals surface area contributed by atoms with Crippen LogP contribution in [-0.2, 0) is 4.79 Å². The first-order valence-corrected chi connectivity index (χ1v) is 8.80. The first-order valence-electron chi connectivity index (χ1n) is 8.80. The molecule has 2 heterocycles. The molecule has 2 aromatic rings. The number of benzene rings is 1. The lowest BCUT2D eigenvalue weighted by Crippen LogP contribution is -2.38. The van der Waals surface area contributed by atoms with Gasteiger partial charge in [-0.25, -0.2) is 0 Å². The molecule has 0 aliphatic carbocycles. The first-order chi connectivity index (χ1) is 13.1. The minimum absolute atomic E-state index is 0.0125. The van der Waals surface area contributed by atoms with E-state index in [-0.39, 0.29) is 12.5 Å². The van der Waals surface area contributed by atoms with Gasteiger partial charge in [0, 0.05) is 43.8 Å². The molecule has 142 valence electrons. The van der Waals surface area contributed by atoms with E-state index in [0.29, 0.717) is 36.7 Å². The van der Waals surface area contributed by atoms with E-state index in [1.54, 1.807) is 31.4 Å². The highest BCUT2D eigenvalue weighted by Gasteiger charge is 2.23. The number of anilines is 1. The van der Waals surface area contributed by atoms with Crippen LogP contribution in [-0.4, -0.2) is 62.7 Å². The Morgan fingerprint density at radius 2 is 1.96 bits per heavy atom. The molecule has 1 aliphatic rings. The fourth-order valence-electron chi connectivity index (χ4n) is 3.45. The third-order valence-corrected chi connectivity index (χ3v) is 4.80. The van der Waals surface area contributed by atoms with Gasteiger partial charge in [-0.15, -0.1) is 0 Å². The summed E-state index contributed by atoms with van der Waals surface area (Å²) in [6.07, 6.45) is 2.38. The summed E-state index contributed by atoms with van der Waals surface area (Å²) < 4.78 is 10.8. The van der Waals surface area contributed by atoms with Gasteiger partial charge in [-0.05, 0) is 12.5 Å². The second-order valence-electron chi connectivity index (χ2n) is 6.28. The topological polar surface area (TPSA) is 105 Å². The average molecular weight is 369 g/mol. The zero-order valence-electron chi connectivity index (χ0n) is 15.6. The van der Waals surface area contributed by atoms with Crippen LogP contribution in [0.1, 0.15) is 12.0 Å². The Hall–Kier alpha value is -3.05. The monoisotopic (exact) mass is 369 g/mol.